The van der Waals surface area contributed by atoms with Gasteiger partial charge in [-0.15, -0.1) is 0 Å². The minimum Gasteiger partial charge on any atom is -0.317 e. The maximum absolute atomic E-state index is 3.48. The summed E-state index contributed by atoms with van der Waals surface area (Å²) in [5.41, 5.74) is 0. The van der Waals surface area contributed by atoms with Crippen molar-refractivity contribution in [1.29, 1.82) is 0 Å². The first-order valence-electron chi connectivity index (χ1n) is 9.46. The van der Waals surface area contributed by atoms with Gasteiger partial charge in [0.2, 0.25) is 0 Å². The lowest BCUT2D eigenvalue weighted by atomic mass is 9.90. The standard InChI is InChI=1S/C19H39N/c1-4-5-6-7-8-9-10-11-12-13-14-18-15-16-19(20-3)17(18)2/h17-20H,4-16H2,1-3H3. The van der Waals surface area contributed by atoms with Crippen LogP contribution >= 0.6 is 0 Å². The first kappa shape index (κ1) is 18.0. The average molecular weight is 282 g/mol. The number of hydrogen-bond donors (Lipinski definition) is 1. The Kier molecular flexibility index (Phi) is 10.4. The summed E-state index contributed by atoms with van der Waals surface area (Å²) >= 11 is 0. The van der Waals surface area contributed by atoms with Crippen LogP contribution in [0, 0.1) is 11.8 Å². The lowest BCUT2D eigenvalue weighted by molar-refractivity contribution is 0.337. The molecule has 1 rings (SSSR count). The van der Waals surface area contributed by atoms with Crippen LogP contribution in [0.25, 0.3) is 0 Å². The molecule has 0 saturated heterocycles. The summed E-state index contributed by atoms with van der Waals surface area (Å²) in [4.78, 5) is 0. The minimum atomic E-state index is 0.795. The minimum absolute atomic E-state index is 0.795. The van der Waals surface area contributed by atoms with Gasteiger partial charge in [0.1, 0.15) is 0 Å². The molecule has 120 valence electrons. The van der Waals surface area contributed by atoms with Crippen LogP contribution in [0.4, 0.5) is 0 Å². The third kappa shape index (κ3) is 7.11. The molecule has 0 radical (unpaired) electrons. The van der Waals surface area contributed by atoms with Gasteiger partial charge in [-0.05, 0) is 31.7 Å². The van der Waals surface area contributed by atoms with Crippen LogP contribution in [0.3, 0.4) is 0 Å². The smallest absolute Gasteiger partial charge is 0.00924 e. The average Bonchev–Trinajstić information content (AvgIpc) is 2.81. The first-order valence-corrected chi connectivity index (χ1v) is 9.46. The molecule has 0 aromatic carbocycles. The molecule has 1 aliphatic rings. The van der Waals surface area contributed by atoms with Crippen LogP contribution in [0.2, 0.25) is 0 Å². The molecule has 0 aliphatic heterocycles. The highest BCUT2D eigenvalue weighted by Crippen LogP contribution is 2.35. The maximum atomic E-state index is 3.48. The molecule has 0 aromatic heterocycles. The van der Waals surface area contributed by atoms with Gasteiger partial charge in [0, 0.05) is 6.04 Å². The second-order valence-electron chi connectivity index (χ2n) is 7.06. The van der Waals surface area contributed by atoms with Crippen LogP contribution in [0.15, 0.2) is 0 Å². The quantitative estimate of drug-likeness (QED) is 0.437. The van der Waals surface area contributed by atoms with Gasteiger partial charge in [-0.3, -0.25) is 0 Å². The molecule has 1 aliphatic carbocycles. The lowest BCUT2D eigenvalue weighted by Crippen LogP contribution is -2.29. The van der Waals surface area contributed by atoms with E-state index < -0.39 is 0 Å². The molecule has 3 unspecified atom stereocenters. The zero-order valence-corrected chi connectivity index (χ0v) is 14.4. The highest BCUT2D eigenvalue weighted by Gasteiger charge is 2.30. The second kappa shape index (κ2) is 11.6. The Morgan fingerprint density at radius 1 is 0.800 bits per heavy atom. The predicted octanol–water partition coefficient (Wildman–Crippen LogP) is 5.93. The summed E-state index contributed by atoms with van der Waals surface area (Å²) < 4.78 is 0. The van der Waals surface area contributed by atoms with Gasteiger partial charge in [0.25, 0.3) is 0 Å². The monoisotopic (exact) mass is 281 g/mol. The fourth-order valence-electron chi connectivity index (χ4n) is 3.96. The molecule has 0 amide bonds. The van der Waals surface area contributed by atoms with E-state index in [2.05, 4.69) is 26.2 Å². The molecular formula is C19H39N. The zero-order chi connectivity index (χ0) is 14.6. The largest absolute Gasteiger partial charge is 0.317 e. The van der Waals surface area contributed by atoms with Crippen LogP contribution < -0.4 is 5.32 Å². The Hall–Kier alpha value is -0.0400. The molecule has 0 heterocycles. The van der Waals surface area contributed by atoms with Gasteiger partial charge in [0.05, 0.1) is 0 Å². The van der Waals surface area contributed by atoms with Crippen molar-refractivity contribution >= 4 is 0 Å². The fourth-order valence-corrected chi connectivity index (χ4v) is 3.96. The fraction of sp³-hybridized carbons (Fsp3) is 1.00. The van der Waals surface area contributed by atoms with Gasteiger partial charge in [-0.1, -0.05) is 84.5 Å². The molecule has 1 saturated carbocycles. The van der Waals surface area contributed by atoms with Gasteiger partial charge in [0.15, 0.2) is 0 Å². The van der Waals surface area contributed by atoms with Gasteiger partial charge < -0.3 is 5.32 Å². The molecule has 20 heavy (non-hydrogen) atoms. The zero-order valence-electron chi connectivity index (χ0n) is 14.4. The molecule has 1 N–H and O–H groups in total. The molecule has 0 spiro atoms. The Labute approximate surface area is 128 Å². The van der Waals surface area contributed by atoms with Gasteiger partial charge in [-0.25, -0.2) is 0 Å². The predicted molar refractivity (Wildman–Crippen MR) is 91.2 cm³/mol. The lowest BCUT2D eigenvalue weighted by Gasteiger charge is -2.20. The van der Waals surface area contributed by atoms with E-state index >= 15 is 0 Å². The molecule has 3 atom stereocenters. The van der Waals surface area contributed by atoms with E-state index in [0.29, 0.717) is 0 Å². The molecule has 0 bridgehead atoms. The summed E-state index contributed by atoms with van der Waals surface area (Å²) in [7, 11) is 2.13. The molecule has 1 nitrogen and oxygen atoms in total. The number of hydrogen-bond acceptors (Lipinski definition) is 1. The van der Waals surface area contributed by atoms with Crippen molar-refractivity contribution in [2.24, 2.45) is 11.8 Å². The molecule has 0 aromatic rings. The van der Waals surface area contributed by atoms with Crippen molar-refractivity contribution in [3.8, 4) is 0 Å². The highest BCUT2D eigenvalue weighted by molar-refractivity contribution is 4.85. The molecule has 1 fully saturated rings. The molecule has 1 heteroatoms. The topological polar surface area (TPSA) is 12.0 Å². The van der Waals surface area contributed by atoms with E-state index in [1.807, 2.05) is 0 Å². The number of rotatable bonds is 12. The van der Waals surface area contributed by atoms with Gasteiger partial charge in [-0.2, -0.15) is 0 Å². The maximum Gasteiger partial charge on any atom is 0.00924 e. The Morgan fingerprint density at radius 3 is 1.85 bits per heavy atom. The highest BCUT2D eigenvalue weighted by atomic mass is 14.9. The second-order valence-corrected chi connectivity index (χ2v) is 7.06. The summed E-state index contributed by atoms with van der Waals surface area (Å²) in [5, 5.41) is 3.48. The van der Waals surface area contributed by atoms with Crippen molar-refractivity contribution in [1.82, 2.24) is 5.32 Å². The van der Waals surface area contributed by atoms with Crippen LogP contribution in [-0.4, -0.2) is 13.1 Å². The van der Waals surface area contributed by atoms with E-state index in [-0.39, 0.29) is 0 Å². The van der Waals surface area contributed by atoms with Crippen molar-refractivity contribution in [2.45, 2.75) is 103 Å². The third-order valence-electron chi connectivity index (χ3n) is 5.53. The summed E-state index contributed by atoms with van der Waals surface area (Å²) in [6.45, 7) is 4.75. The van der Waals surface area contributed by atoms with Crippen molar-refractivity contribution in [3.63, 3.8) is 0 Å². The Morgan fingerprint density at radius 2 is 1.35 bits per heavy atom. The van der Waals surface area contributed by atoms with E-state index in [0.717, 1.165) is 17.9 Å². The SMILES string of the molecule is CCCCCCCCCCCCC1CCC(NC)C1C. The molecular weight excluding hydrogens is 242 g/mol. The van der Waals surface area contributed by atoms with E-state index in [4.69, 9.17) is 0 Å². The van der Waals surface area contributed by atoms with Crippen LogP contribution in [0.1, 0.15) is 97.3 Å². The van der Waals surface area contributed by atoms with E-state index in [9.17, 15) is 0 Å². The summed E-state index contributed by atoms with van der Waals surface area (Å²) in [6.07, 6.45) is 18.9. The third-order valence-corrected chi connectivity index (χ3v) is 5.53. The first-order chi connectivity index (χ1) is 9.79. The van der Waals surface area contributed by atoms with Crippen molar-refractivity contribution in [2.75, 3.05) is 7.05 Å². The van der Waals surface area contributed by atoms with Crippen molar-refractivity contribution < 1.29 is 0 Å². The van der Waals surface area contributed by atoms with Gasteiger partial charge >= 0.3 is 0 Å². The Bertz CT molecular complexity index is 214. The normalized spacial score (nSPS) is 26.2. The van der Waals surface area contributed by atoms with E-state index in [1.54, 1.807) is 0 Å². The van der Waals surface area contributed by atoms with Crippen LogP contribution in [-0.2, 0) is 0 Å². The van der Waals surface area contributed by atoms with E-state index in [1.165, 1.54) is 83.5 Å². The number of nitrogens with one attached hydrogen (secondary N) is 1. The summed E-state index contributed by atoms with van der Waals surface area (Å²) in [6, 6.07) is 0.795. The van der Waals surface area contributed by atoms with Crippen LogP contribution in [0.5, 0.6) is 0 Å². The Balaban J connectivity index is 1.85. The summed E-state index contributed by atoms with van der Waals surface area (Å²) in [5.74, 6) is 1.90. The van der Waals surface area contributed by atoms with Crippen molar-refractivity contribution in [3.05, 3.63) is 0 Å². The number of unbranched alkanes of at least 4 members (excludes halogenated alkanes) is 9.